The molecule has 0 saturated heterocycles. The summed E-state index contributed by atoms with van der Waals surface area (Å²) in [6, 6.07) is 9.94. The van der Waals surface area contributed by atoms with Gasteiger partial charge in [0, 0.05) is 24.9 Å². The molecule has 0 radical (unpaired) electrons. The molecule has 0 spiro atoms. The predicted octanol–water partition coefficient (Wildman–Crippen LogP) is 2.47. The van der Waals surface area contributed by atoms with Crippen LogP contribution in [-0.2, 0) is 0 Å². The van der Waals surface area contributed by atoms with Crippen LogP contribution >= 0.6 is 0 Å². The van der Waals surface area contributed by atoms with Gasteiger partial charge in [-0.1, -0.05) is 29.3 Å². The van der Waals surface area contributed by atoms with Crippen LogP contribution < -0.4 is 5.73 Å². The van der Waals surface area contributed by atoms with E-state index in [0.29, 0.717) is 6.54 Å². The highest BCUT2D eigenvalue weighted by Crippen LogP contribution is 2.30. The van der Waals surface area contributed by atoms with Crippen LogP contribution in [-0.4, -0.2) is 16.6 Å². The Morgan fingerprint density at radius 2 is 1.63 bits per heavy atom. The summed E-state index contributed by atoms with van der Waals surface area (Å²) in [5, 5.41) is 10.6. The average molecular weight is 256 g/mol. The van der Waals surface area contributed by atoms with E-state index in [1.54, 1.807) is 12.4 Å². The quantitative estimate of drug-likeness (QED) is 0.883. The van der Waals surface area contributed by atoms with Gasteiger partial charge in [-0.25, -0.2) is 0 Å². The summed E-state index contributed by atoms with van der Waals surface area (Å²) < 4.78 is 0. The van der Waals surface area contributed by atoms with Crippen LogP contribution in [0, 0.1) is 13.8 Å². The monoisotopic (exact) mass is 256 g/mol. The van der Waals surface area contributed by atoms with Gasteiger partial charge in [-0.2, -0.15) is 0 Å². The molecular formula is C16H20N2O. The smallest absolute Gasteiger partial charge is 0.0870 e. The van der Waals surface area contributed by atoms with Crippen LogP contribution in [0.1, 0.15) is 34.3 Å². The first-order chi connectivity index (χ1) is 9.11. The second-order valence-corrected chi connectivity index (χ2v) is 4.99. The van der Waals surface area contributed by atoms with Crippen LogP contribution in [0.3, 0.4) is 0 Å². The van der Waals surface area contributed by atoms with Gasteiger partial charge in [0.2, 0.25) is 0 Å². The van der Waals surface area contributed by atoms with Crippen LogP contribution in [0.4, 0.5) is 0 Å². The van der Waals surface area contributed by atoms with Gasteiger partial charge in [-0.05, 0) is 37.1 Å². The van der Waals surface area contributed by atoms with E-state index in [0.717, 1.165) is 22.3 Å². The van der Waals surface area contributed by atoms with Crippen LogP contribution in [0.2, 0.25) is 0 Å². The topological polar surface area (TPSA) is 59.1 Å². The van der Waals surface area contributed by atoms with E-state index in [2.05, 4.69) is 11.1 Å². The number of nitrogens with two attached hydrogens (primary N) is 1. The third-order valence-corrected chi connectivity index (χ3v) is 3.35. The Labute approximate surface area is 114 Å². The number of hydrogen-bond acceptors (Lipinski definition) is 3. The standard InChI is InChI=1S/C16H20N2O/c1-11-7-12(2)9-14(8-11)16(19)15(10-17)13-3-5-18-6-4-13/h3-9,15-16,19H,10,17H2,1-2H3. The molecule has 2 atom stereocenters. The minimum Gasteiger partial charge on any atom is -0.388 e. The van der Waals surface area contributed by atoms with Gasteiger partial charge in [-0.3, -0.25) is 4.98 Å². The number of rotatable bonds is 4. The zero-order valence-corrected chi connectivity index (χ0v) is 11.4. The molecule has 2 unspecified atom stereocenters. The maximum atomic E-state index is 10.6. The van der Waals surface area contributed by atoms with E-state index in [1.165, 1.54) is 0 Å². The second kappa shape index (κ2) is 5.95. The number of aromatic nitrogens is 1. The number of aryl methyl sites for hydroxylation is 2. The minimum atomic E-state index is -0.592. The van der Waals surface area contributed by atoms with Crippen LogP contribution in [0.15, 0.2) is 42.7 Å². The first-order valence-corrected chi connectivity index (χ1v) is 6.48. The molecule has 0 aliphatic rings. The summed E-state index contributed by atoms with van der Waals surface area (Å²) in [7, 11) is 0. The predicted molar refractivity (Wildman–Crippen MR) is 76.9 cm³/mol. The van der Waals surface area contributed by atoms with E-state index in [4.69, 9.17) is 5.73 Å². The molecule has 0 aliphatic carbocycles. The number of nitrogens with zero attached hydrogens (tertiary/aromatic N) is 1. The highest BCUT2D eigenvalue weighted by atomic mass is 16.3. The zero-order chi connectivity index (χ0) is 13.8. The van der Waals surface area contributed by atoms with Crippen molar-refractivity contribution in [2.24, 2.45) is 5.73 Å². The Morgan fingerprint density at radius 1 is 1.05 bits per heavy atom. The molecule has 3 nitrogen and oxygen atoms in total. The fourth-order valence-electron chi connectivity index (χ4n) is 2.47. The fraction of sp³-hybridized carbons (Fsp3) is 0.312. The Bertz CT molecular complexity index is 519. The maximum absolute atomic E-state index is 10.6. The molecule has 2 rings (SSSR count). The molecule has 0 bridgehead atoms. The minimum absolute atomic E-state index is 0.107. The number of pyridine rings is 1. The Hall–Kier alpha value is -1.71. The van der Waals surface area contributed by atoms with Crippen molar-refractivity contribution in [2.45, 2.75) is 25.9 Å². The van der Waals surface area contributed by atoms with Crippen molar-refractivity contribution in [1.29, 1.82) is 0 Å². The van der Waals surface area contributed by atoms with Crippen molar-refractivity contribution in [3.63, 3.8) is 0 Å². The second-order valence-electron chi connectivity index (χ2n) is 4.99. The molecule has 0 fully saturated rings. The lowest BCUT2D eigenvalue weighted by Crippen LogP contribution is -2.20. The van der Waals surface area contributed by atoms with Crippen molar-refractivity contribution in [3.8, 4) is 0 Å². The number of aliphatic hydroxyl groups excluding tert-OH is 1. The summed E-state index contributed by atoms with van der Waals surface area (Å²) in [4.78, 5) is 4.00. The molecule has 1 aromatic carbocycles. The highest BCUT2D eigenvalue weighted by molar-refractivity contribution is 5.32. The lowest BCUT2D eigenvalue weighted by molar-refractivity contribution is 0.147. The summed E-state index contributed by atoms with van der Waals surface area (Å²) in [6.07, 6.45) is 2.87. The molecule has 100 valence electrons. The zero-order valence-electron chi connectivity index (χ0n) is 11.4. The summed E-state index contributed by atoms with van der Waals surface area (Å²) in [6.45, 7) is 4.47. The average Bonchev–Trinajstić information content (AvgIpc) is 2.39. The number of aliphatic hydroxyl groups is 1. The number of hydrogen-bond donors (Lipinski definition) is 2. The van der Waals surface area contributed by atoms with E-state index < -0.39 is 6.10 Å². The first-order valence-electron chi connectivity index (χ1n) is 6.48. The lowest BCUT2D eigenvalue weighted by Gasteiger charge is -2.23. The molecule has 0 amide bonds. The molecule has 1 heterocycles. The molecule has 19 heavy (non-hydrogen) atoms. The fourth-order valence-corrected chi connectivity index (χ4v) is 2.47. The van der Waals surface area contributed by atoms with Crippen LogP contribution in [0.25, 0.3) is 0 Å². The highest BCUT2D eigenvalue weighted by Gasteiger charge is 2.21. The van der Waals surface area contributed by atoms with Crippen molar-refractivity contribution < 1.29 is 5.11 Å². The summed E-state index contributed by atoms with van der Waals surface area (Å²) in [5.74, 6) is -0.107. The van der Waals surface area contributed by atoms with Crippen molar-refractivity contribution in [2.75, 3.05) is 6.54 Å². The summed E-state index contributed by atoms with van der Waals surface area (Å²) in [5.41, 5.74) is 10.1. The van der Waals surface area contributed by atoms with Crippen molar-refractivity contribution >= 4 is 0 Å². The van der Waals surface area contributed by atoms with Gasteiger partial charge >= 0.3 is 0 Å². The third-order valence-electron chi connectivity index (χ3n) is 3.35. The van der Waals surface area contributed by atoms with Crippen molar-refractivity contribution in [3.05, 3.63) is 65.0 Å². The van der Waals surface area contributed by atoms with E-state index in [1.807, 2.05) is 38.1 Å². The Morgan fingerprint density at radius 3 is 2.16 bits per heavy atom. The largest absolute Gasteiger partial charge is 0.388 e. The van der Waals surface area contributed by atoms with Gasteiger partial charge in [0.15, 0.2) is 0 Å². The van der Waals surface area contributed by atoms with Gasteiger partial charge in [-0.15, -0.1) is 0 Å². The molecule has 3 heteroatoms. The molecule has 0 aliphatic heterocycles. The lowest BCUT2D eigenvalue weighted by atomic mass is 9.88. The third kappa shape index (κ3) is 3.19. The first kappa shape index (κ1) is 13.7. The van der Waals surface area contributed by atoms with Crippen LogP contribution in [0.5, 0.6) is 0 Å². The molecular weight excluding hydrogens is 236 g/mol. The van der Waals surface area contributed by atoms with Crippen molar-refractivity contribution in [1.82, 2.24) is 4.98 Å². The van der Waals surface area contributed by atoms with Gasteiger partial charge in [0.1, 0.15) is 0 Å². The van der Waals surface area contributed by atoms with E-state index >= 15 is 0 Å². The van der Waals surface area contributed by atoms with Gasteiger partial charge < -0.3 is 10.8 Å². The van der Waals surface area contributed by atoms with Gasteiger partial charge in [0.25, 0.3) is 0 Å². The van der Waals surface area contributed by atoms with E-state index in [9.17, 15) is 5.11 Å². The van der Waals surface area contributed by atoms with Gasteiger partial charge in [0.05, 0.1) is 6.10 Å². The summed E-state index contributed by atoms with van der Waals surface area (Å²) >= 11 is 0. The molecule has 2 aromatic rings. The molecule has 0 saturated carbocycles. The Kier molecular flexibility index (Phi) is 4.30. The maximum Gasteiger partial charge on any atom is 0.0870 e. The van der Waals surface area contributed by atoms with E-state index in [-0.39, 0.29) is 5.92 Å². The SMILES string of the molecule is Cc1cc(C)cc(C(O)C(CN)c2ccncc2)c1. The normalized spacial score (nSPS) is 14.1. The molecule has 1 aromatic heterocycles. The molecule has 3 N–H and O–H groups in total. The number of benzene rings is 1. The Balaban J connectivity index is 2.33.